The minimum atomic E-state index is -3.45. The molecule has 0 aliphatic rings. The average molecular weight is 241 g/mol. The van der Waals surface area contributed by atoms with Crippen molar-refractivity contribution in [2.75, 3.05) is 6.26 Å². The second-order valence-corrected chi connectivity index (χ2v) is 5.09. The van der Waals surface area contributed by atoms with Crippen molar-refractivity contribution in [3.8, 4) is 11.3 Å². The van der Waals surface area contributed by atoms with E-state index in [0.29, 0.717) is 11.3 Å². The number of benzene rings is 1. The monoisotopic (exact) mass is 241 g/mol. The summed E-state index contributed by atoms with van der Waals surface area (Å²) in [7, 11) is -3.45. The Morgan fingerprint density at radius 1 is 1.38 bits per heavy atom. The van der Waals surface area contributed by atoms with Gasteiger partial charge in [0.2, 0.25) is 0 Å². The van der Waals surface area contributed by atoms with Gasteiger partial charge in [0, 0.05) is 5.56 Å². The van der Waals surface area contributed by atoms with Gasteiger partial charge in [-0.25, -0.2) is 12.8 Å². The van der Waals surface area contributed by atoms with Crippen LogP contribution < -0.4 is 0 Å². The summed E-state index contributed by atoms with van der Waals surface area (Å²) in [6, 6.07) is 5.70. The van der Waals surface area contributed by atoms with Gasteiger partial charge in [-0.1, -0.05) is 17.3 Å². The SMILES string of the molecule is CS(=O)(=O)n1cc(-c2cccc(F)c2)nn1. The molecule has 1 aromatic carbocycles. The van der Waals surface area contributed by atoms with Gasteiger partial charge in [-0.2, -0.15) is 0 Å². The second-order valence-electron chi connectivity index (χ2n) is 3.25. The van der Waals surface area contributed by atoms with Crippen molar-refractivity contribution in [1.82, 2.24) is 14.4 Å². The number of aromatic nitrogens is 3. The molecule has 7 heteroatoms. The molecule has 2 aromatic rings. The molecule has 0 aliphatic heterocycles. The van der Waals surface area contributed by atoms with Crippen LogP contribution in [-0.2, 0) is 10.0 Å². The Kier molecular flexibility index (Phi) is 2.47. The van der Waals surface area contributed by atoms with E-state index in [4.69, 9.17) is 0 Å². The summed E-state index contributed by atoms with van der Waals surface area (Å²) in [5.41, 5.74) is 0.792. The Morgan fingerprint density at radius 3 is 2.69 bits per heavy atom. The zero-order chi connectivity index (χ0) is 11.8. The Hall–Kier alpha value is -1.76. The van der Waals surface area contributed by atoms with Crippen LogP contribution in [0.4, 0.5) is 4.39 Å². The highest BCUT2D eigenvalue weighted by Crippen LogP contribution is 2.17. The van der Waals surface area contributed by atoms with Gasteiger partial charge < -0.3 is 0 Å². The Bertz CT molecular complexity index is 621. The lowest BCUT2D eigenvalue weighted by Gasteiger charge is -1.95. The van der Waals surface area contributed by atoms with E-state index in [0.717, 1.165) is 10.3 Å². The largest absolute Gasteiger partial charge is 0.252 e. The first-order chi connectivity index (χ1) is 7.47. The van der Waals surface area contributed by atoms with Crippen LogP contribution in [-0.4, -0.2) is 29.1 Å². The molecule has 84 valence electrons. The lowest BCUT2D eigenvalue weighted by atomic mass is 10.2. The highest BCUT2D eigenvalue weighted by Gasteiger charge is 2.10. The molecule has 0 bridgehead atoms. The standard InChI is InChI=1S/C9H8FN3O2S/c1-16(14,15)13-6-9(11-12-13)7-3-2-4-8(10)5-7/h2-6H,1H3. The first kappa shape index (κ1) is 10.7. The van der Waals surface area contributed by atoms with Gasteiger partial charge in [-0.3, -0.25) is 0 Å². The minimum Gasteiger partial charge on any atom is -0.207 e. The molecule has 0 aliphatic carbocycles. The smallest absolute Gasteiger partial charge is 0.207 e. The molecule has 0 radical (unpaired) electrons. The lowest BCUT2D eigenvalue weighted by Crippen LogP contribution is -2.10. The summed E-state index contributed by atoms with van der Waals surface area (Å²) in [5, 5.41) is 7.11. The Balaban J connectivity index is 2.47. The van der Waals surface area contributed by atoms with Crippen LogP contribution in [0.1, 0.15) is 0 Å². The van der Waals surface area contributed by atoms with E-state index in [2.05, 4.69) is 10.3 Å². The molecule has 0 unspecified atom stereocenters. The maximum Gasteiger partial charge on any atom is 0.252 e. The number of nitrogens with zero attached hydrogens (tertiary/aromatic N) is 3. The summed E-state index contributed by atoms with van der Waals surface area (Å²) >= 11 is 0. The van der Waals surface area contributed by atoms with Crippen molar-refractivity contribution in [1.29, 1.82) is 0 Å². The fourth-order valence-corrected chi connectivity index (χ4v) is 1.65. The molecule has 1 heterocycles. The molecule has 0 spiro atoms. The molecule has 1 aromatic heterocycles. The highest BCUT2D eigenvalue weighted by molar-refractivity contribution is 7.89. The highest BCUT2D eigenvalue weighted by atomic mass is 32.2. The zero-order valence-electron chi connectivity index (χ0n) is 8.33. The molecule has 2 rings (SSSR count). The topological polar surface area (TPSA) is 64.8 Å². The third-order valence-corrected chi connectivity index (χ3v) is 2.79. The summed E-state index contributed by atoms with van der Waals surface area (Å²) < 4.78 is 35.9. The van der Waals surface area contributed by atoms with Crippen LogP contribution in [0.2, 0.25) is 0 Å². The van der Waals surface area contributed by atoms with Crippen LogP contribution in [0, 0.1) is 5.82 Å². The number of hydrogen-bond donors (Lipinski definition) is 0. The number of halogens is 1. The summed E-state index contributed by atoms with van der Waals surface area (Å²) in [6.45, 7) is 0. The van der Waals surface area contributed by atoms with Crippen molar-refractivity contribution in [2.24, 2.45) is 0 Å². The molecule has 16 heavy (non-hydrogen) atoms. The van der Waals surface area contributed by atoms with Gasteiger partial charge in [-0.05, 0) is 12.1 Å². The maximum absolute atomic E-state index is 12.9. The predicted molar refractivity (Wildman–Crippen MR) is 55.7 cm³/mol. The lowest BCUT2D eigenvalue weighted by molar-refractivity contribution is 0.583. The van der Waals surface area contributed by atoms with E-state index in [-0.39, 0.29) is 0 Å². The van der Waals surface area contributed by atoms with E-state index < -0.39 is 15.8 Å². The van der Waals surface area contributed by atoms with Gasteiger partial charge in [0.15, 0.2) is 0 Å². The van der Waals surface area contributed by atoms with Crippen LogP contribution in [0.25, 0.3) is 11.3 Å². The molecular formula is C9H8FN3O2S. The van der Waals surface area contributed by atoms with Crippen molar-refractivity contribution in [2.45, 2.75) is 0 Å². The molecule has 0 N–H and O–H groups in total. The van der Waals surface area contributed by atoms with Crippen molar-refractivity contribution in [3.63, 3.8) is 0 Å². The number of rotatable bonds is 2. The third-order valence-electron chi connectivity index (χ3n) is 1.93. The predicted octanol–water partition coefficient (Wildman–Crippen LogP) is 0.892. The van der Waals surface area contributed by atoms with Crippen LogP contribution in [0.5, 0.6) is 0 Å². The summed E-state index contributed by atoms with van der Waals surface area (Å²) in [6.07, 6.45) is 2.25. The Labute approximate surface area is 91.6 Å². The molecule has 0 saturated heterocycles. The van der Waals surface area contributed by atoms with Gasteiger partial charge in [-0.15, -0.1) is 9.19 Å². The summed E-state index contributed by atoms with van der Waals surface area (Å²) in [4.78, 5) is 0. The van der Waals surface area contributed by atoms with Crippen LogP contribution in [0.15, 0.2) is 30.5 Å². The number of hydrogen-bond acceptors (Lipinski definition) is 4. The van der Waals surface area contributed by atoms with Gasteiger partial charge >= 0.3 is 0 Å². The molecular weight excluding hydrogens is 233 g/mol. The maximum atomic E-state index is 12.9. The van der Waals surface area contributed by atoms with Gasteiger partial charge in [0.05, 0.1) is 12.5 Å². The van der Waals surface area contributed by atoms with E-state index in [1.54, 1.807) is 6.07 Å². The fraction of sp³-hybridized carbons (Fsp3) is 0.111. The summed E-state index contributed by atoms with van der Waals surface area (Å²) in [5.74, 6) is -0.411. The van der Waals surface area contributed by atoms with E-state index in [1.165, 1.54) is 24.4 Å². The molecule has 0 atom stereocenters. The van der Waals surface area contributed by atoms with E-state index >= 15 is 0 Å². The van der Waals surface area contributed by atoms with Crippen molar-refractivity contribution in [3.05, 3.63) is 36.3 Å². The zero-order valence-corrected chi connectivity index (χ0v) is 9.15. The van der Waals surface area contributed by atoms with Gasteiger partial charge in [0.25, 0.3) is 10.0 Å². The first-order valence-corrected chi connectivity index (χ1v) is 6.20. The van der Waals surface area contributed by atoms with E-state index in [1.807, 2.05) is 0 Å². The minimum absolute atomic E-state index is 0.310. The Morgan fingerprint density at radius 2 is 2.12 bits per heavy atom. The van der Waals surface area contributed by atoms with Crippen molar-refractivity contribution >= 4 is 10.0 Å². The second kappa shape index (κ2) is 3.67. The molecule has 0 saturated carbocycles. The normalized spacial score (nSPS) is 11.6. The third kappa shape index (κ3) is 2.08. The fourth-order valence-electron chi connectivity index (χ4n) is 1.19. The quantitative estimate of drug-likeness (QED) is 0.783. The van der Waals surface area contributed by atoms with Crippen LogP contribution >= 0.6 is 0 Å². The molecule has 5 nitrogen and oxygen atoms in total. The van der Waals surface area contributed by atoms with Crippen molar-refractivity contribution < 1.29 is 12.8 Å². The molecule has 0 fully saturated rings. The van der Waals surface area contributed by atoms with Gasteiger partial charge in [0.1, 0.15) is 11.5 Å². The average Bonchev–Trinajstić information content (AvgIpc) is 2.65. The first-order valence-electron chi connectivity index (χ1n) is 4.35. The van der Waals surface area contributed by atoms with Crippen LogP contribution in [0.3, 0.4) is 0 Å². The molecule has 0 amide bonds. The van der Waals surface area contributed by atoms with E-state index in [9.17, 15) is 12.8 Å².